The van der Waals surface area contributed by atoms with Gasteiger partial charge in [-0.25, -0.2) is 9.78 Å². The molecule has 0 spiro atoms. The zero-order chi connectivity index (χ0) is 11.5. The number of hydrogen-bond acceptors (Lipinski definition) is 5. The largest absolute Gasteiger partial charge is 0.476 e. The number of nitrogens with one attached hydrogen (secondary N) is 1. The molecule has 0 bridgehead atoms. The first-order chi connectivity index (χ1) is 7.66. The van der Waals surface area contributed by atoms with E-state index in [0.717, 1.165) is 4.88 Å². The zero-order valence-electron chi connectivity index (χ0n) is 8.56. The summed E-state index contributed by atoms with van der Waals surface area (Å²) in [4.78, 5) is 15.5. The highest BCUT2D eigenvalue weighted by molar-refractivity contribution is 7.15. The van der Waals surface area contributed by atoms with Crippen LogP contribution in [0.4, 0.5) is 5.13 Å². The molecule has 0 aliphatic rings. The van der Waals surface area contributed by atoms with Crippen LogP contribution in [0.25, 0.3) is 0 Å². The van der Waals surface area contributed by atoms with Crippen molar-refractivity contribution >= 4 is 33.8 Å². The van der Waals surface area contributed by atoms with Gasteiger partial charge in [-0.1, -0.05) is 0 Å². The normalized spacial score (nSPS) is 10.3. The minimum atomic E-state index is -0.975. The fraction of sp³-hybridized carbons (Fsp3) is 0.200. The van der Waals surface area contributed by atoms with Gasteiger partial charge in [0, 0.05) is 11.4 Å². The van der Waals surface area contributed by atoms with Crippen molar-refractivity contribution in [1.82, 2.24) is 4.98 Å². The maximum atomic E-state index is 10.8. The van der Waals surface area contributed by atoms with E-state index < -0.39 is 5.97 Å². The van der Waals surface area contributed by atoms with Crippen LogP contribution in [0.1, 0.15) is 20.9 Å². The number of thiophene rings is 1. The number of carbonyl (C=O) groups is 1. The van der Waals surface area contributed by atoms with E-state index in [1.807, 2.05) is 16.8 Å². The second kappa shape index (κ2) is 4.63. The van der Waals surface area contributed by atoms with Crippen molar-refractivity contribution in [2.24, 2.45) is 0 Å². The van der Waals surface area contributed by atoms with Crippen LogP contribution < -0.4 is 5.32 Å². The van der Waals surface area contributed by atoms with Gasteiger partial charge in [0.1, 0.15) is 0 Å². The minimum Gasteiger partial charge on any atom is -0.476 e. The van der Waals surface area contributed by atoms with Crippen molar-refractivity contribution < 1.29 is 9.90 Å². The number of hydrogen-bond donors (Lipinski definition) is 2. The van der Waals surface area contributed by atoms with Crippen molar-refractivity contribution in [3.8, 4) is 0 Å². The highest BCUT2D eigenvalue weighted by atomic mass is 32.1. The van der Waals surface area contributed by atoms with E-state index >= 15 is 0 Å². The molecule has 0 aliphatic carbocycles. The summed E-state index contributed by atoms with van der Waals surface area (Å²) in [5.41, 5.74) is 1.31. The number of carboxylic acids is 1. The topological polar surface area (TPSA) is 62.2 Å². The Balaban J connectivity index is 2.05. The molecule has 0 fully saturated rings. The van der Waals surface area contributed by atoms with Crippen LogP contribution in [0.5, 0.6) is 0 Å². The van der Waals surface area contributed by atoms with Crippen molar-refractivity contribution in [2.45, 2.75) is 13.5 Å². The molecule has 0 radical (unpaired) electrons. The molecule has 0 atom stereocenters. The predicted molar refractivity (Wildman–Crippen MR) is 65.5 cm³/mol. The van der Waals surface area contributed by atoms with Gasteiger partial charge in [-0.3, -0.25) is 0 Å². The lowest BCUT2D eigenvalue weighted by molar-refractivity contribution is 0.0690. The Bertz CT molecular complexity index is 491. The van der Waals surface area contributed by atoms with Crippen LogP contribution in [0.15, 0.2) is 16.8 Å². The summed E-state index contributed by atoms with van der Waals surface area (Å²) in [5, 5.41) is 16.7. The Labute approximate surface area is 101 Å². The molecule has 0 saturated heterocycles. The Morgan fingerprint density at radius 1 is 1.62 bits per heavy atom. The first kappa shape index (κ1) is 11.1. The second-order valence-corrected chi connectivity index (χ2v) is 5.20. The number of carboxylic acid groups (broad SMARTS) is 1. The first-order valence-corrected chi connectivity index (χ1v) is 6.38. The third-order valence-electron chi connectivity index (χ3n) is 2.02. The molecule has 4 nitrogen and oxygen atoms in total. The molecule has 0 aliphatic heterocycles. The smallest absolute Gasteiger partial charge is 0.355 e. The Kier molecular flexibility index (Phi) is 3.21. The summed E-state index contributed by atoms with van der Waals surface area (Å²) in [6, 6.07) is 2.02. The summed E-state index contributed by atoms with van der Waals surface area (Å²) in [5.74, 6) is -0.975. The van der Waals surface area contributed by atoms with Gasteiger partial charge >= 0.3 is 5.97 Å². The lowest BCUT2D eigenvalue weighted by Crippen LogP contribution is -2.01. The van der Waals surface area contributed by atoms with Crippen molar-refractivity contribution in [1.29, 1.82) is 0 Å². The van der Waals surface area contributed by atoms with E-state index in [1.54, 1.807) is 18.3 Å². The molecule has 0 saturated carbocycles. The van der Waals surface area contributed by atoms with E-state index in [2.05, 4.69) is 10.3 Å². The van der Waals surface area contributed by atoms with E-state index in [1.165, 1.54) is 16.9 Å². The van der Waals surface area contributed by atoms with Gasteiger partial charge in [-0.15, -0.1) is 11.3 Å². The van der Waals surface area contributed by atoms with Crippen LogP contribution in [-0.4, -0.2) is 16.1 Å². The zero-order valence-corrected chi connectivity index (χ0v) is 10.2. The molecular formula is C10H10N2O2S2. The molecule has 0 amide bonds. The molecule has 2 aromatic rings. The average molecular weight is 254 g/mol. The molecule has 0 aromatic carbocycles. The van der Waals surface area contributed by atoms with Crippen LogP contribution in [0.3, 0.4) is 0 Å². The quantitative estimate of drug-likeness (QED) is 0.880. The highest BCUT2D eigenvalue weighted by Crippen LogP contribution is 2.22. The van der Waals surface area contributed by atoms with E-state index in [-0.39, 0.29) is 5.69 Å². The monoisotopic (exact) mass is 254 g/mol. The third kappa shape index (κ3) is 2.40. The van der Waals surface area contributed by atoms with Gasteiger partial charge in [0.15, 0.2) is 10.8 Å². The summed E-state index contributed by atoms with van der Waals surface area (Å²) < 4.78 is 0. The predicted octanol–water partition coefficient (Wildman–Crippen LogP) is 2.82. The summed E-state index contributed by atoms with van der Waals surface area (Å²) in [6.07, 6.45) is 0. The Morgan fingerprint density at radius 3 is 3.00 bits per heavy atom. The number of aromatic nitrogens is 1. The maximum Gasteiger partial charge on any atom is 0.355 e. The van der Waals surface area contributed by atoms with E-state index in [4.69, 9.17) is 5.11 Å². The molecule has 2 rings (SSSR count). The van der Waals surface area contributed by atoms with Crippen LogP contribution in [0.2, 0.25) is 0 Å². The van der Waals surface area contributed by atoms with Crippen molar-refractivity contribution in [3.63, 3.8) is 0 Å². The van der Waals surface area contributed by atoms with Crippen molar-refractivity contribution in [2.75, 3.05) is 5.32 Å². The van der Waals surface area contributed by atoms with Crippen LogP contribution in [-0.2, 0) is 6.54 Å². The van der Waals surface area contributed by atoms with Crippen LogP contribution in [0, 0.1) is 6.92 Å². The summed E-state index contributed by atoms with van der Waals surface area (Å²) in [6.45, 7) is 2.44. The maximum absolute atomic E-state index is 10.8. The number of aryl methyl sites for hydroxylation is 1. The van der Waals surface area contributed by atoms with Gasteiger partial charge in [0.25, 0.3) is 0 Å². The molecule has 16 heavy (non-hydrogen) atoms. The van der Waals surface area contributed by atoms with Gasteiger partial charge in [0.05, 0.1) is 0 Å². The molecule has 2 N–H and O–H groups in total. The van der Waals surface area contributed by atoms with E-state index in [0.29, 0.717) is 11.7 Å². The molecule has 6 heteroatoms. The average Bonchev–Trinajstić information content (AvgIpc) is 2.83. The first-order valence-electron chi connectivity index (χ1n) is 4.62. The lowest BCUT2D eigenvalue weighted by atomic mass is 10.3. The molecule has 2 aromatic heterocycles. The highest BCUT2D eigenvalue weighted by Gasteiger charge is 2.13. The standard InChI is InChI=1S/C10H10N2O2S2/c1-6-8(9(13)14)12-10(16-6)11-4-7-2-3-15-5-7/h2-3,5H,4H2,1H3,(H,11,12)(H,13,14). The van der Waals surface area contributed by atoms with Gasteiger partial charge in [0.2, 0.25) is 0 Å². The molecular weight excluding hydrogens is 244 g/mol. The Hall–Kier alpha value is -1.40. The van der Waals surface area contributed by atoms with Gasteiger partial charge in [-0.05, 0) is 29.3 Å². The number of aromatic carboxylic acids is 1. The van der Waals surface area contributed by atoms with Crippen LogP contribution >= 0.6 is 22.7 Å². The Morgan fingerprint density at radius 2 is 2.44 bits per heavy atom. The fourth-order valence-corrected chi connectivity index (χ4v) is 2.71. The molecule has 2 heterocycles. The fourth-order valence-electron chi connectivity index (χ4n) is 1.24. The third-order valence-corrected chi connectivity index (χ3v) is 3.68. The number of rotatable bonds is 4. The molecule has 84 valence electrons. The second-order valence-electron chi connectivity index (χ2n) is 3.21. The molecule has 0 unspecified atom stereocenters. The van der Waals surface area contributed by atoms with E-state index in [9.17, 15) is 4.79 Å². The minimum absolute atomic E-state index is 0.137. The van der Waals surface area contributed by atoms with Crippen molar-refractivity contribution in [3.05, 3.63) is 33.0 Å². The van der Waals surface area contributed by atoms with Gasteiger partial charge in [-0.2, -0.15) is 11.3 Å². The number of anilines is 1. The lowest BCUT2D eigenvalue weighted by Gasteiger charge is -1.98. The number of thiazole rings is 1. The number of nitrogens with zero attached hydrogens (tertiary/aromatic N) is 1. The summed E-state index contributed by atoms with van der Waals surface area (Å²) >= 11 is 3.00. The summed E-state index contributed by atoms with van der Waals surface area (Å²) in [7, 11) is 0. The van der Waals surface area contributed by atoms with Gasteiger partial charge < -0.3 is 10.4 Å². The SMILES string of the molecule is Cc1sc(NCc2ccsc2)nc1C(=O)O.